The van der Waals surface area contributed by atoms with Crippen molar-refractivity contribution in [2.45, 2.75) is 39.2 Å². The minimum atomic E-state index is -0.913. The number of carboxylic acids is 1. The topological polar surface area (TPSA) is 88.5 Å². The van der Waals surface area contributed by atoms with Crippen LogP contribution in [-0.4, -0.2) is 28.1 Å². The van der Waals surface area contributed by atoms with E-state index in [1.165, 1.54) is 6.20 Å². The van der Waals surface area contributed by atoms with Gasteiger partial charge in [-0.3, -0.25) is 9.59 Å². The lowest BCUT2D eigenvalue weighted by atomic mass is 10.0. The summed E-state index contributed by atoms with van der Waals surface area (Å²) in [5, 5.41) is 11.9. The average Bonchev–Trinajstić information content (AvgIpc) is 2.61. The summed E-state index contributed by atoms with van der Waals surface area (Å²) in [4.78, 5) is 27.6. The molecule has 132 valence electrons. The number of carbonyl (C=O) groups excluding carboxylic acids is 1. The maximum atomic E-state index is 12.4. The fourth-order valence-corrected chi connectivity index (χ4v) is 2.14. The molecule has 6 heteroatoms. The number of ether oxygens (including phenoxy) is 1. The third-order valence-electron chi connectivity index (χ3n) is 3.91. The highest BCUT2D eigenvalue weighted by atomic mass is 16.5. The van der Waals surface area contributed by atoms with E-state index in [-0.39, 0.29) is 12.0 Å². The number of aromatic nitrogens is 1. The standard InChI is InChI=1S/C19H22N2O4/c1-4-12(2)25-17-11-15(8-9-20-17)18(22)21-16-7-5-6-14(10-16)13(3)19(23)24/h5-13H,4H2,1-3H3,(H,21,22)(H,23,24). The molecule has 2 aromatic rings. The van der Waals surface area contributed by atoms with Crippen molar-refractivity contribution in [3.05, 3.63) is 53.7 Å². The third kappa shape index (κ3) is 5.04. The maximum Gasteiger partial charge on any atom is 0.310 e. The molecule has 1 amide bonds. The normalized spacial score (nSPS) is 12.9. The van der Waals surface area contributed by atoms with Crippen molar-refractivity contribution < 1.29 is 19.4 Å². The van der Waals surface area contributed by atoms with E-state index in [9.17, 15) is 9.59 Å². The number of benzene rings is 1. The van der Waals surface area contributed by atoms with Gasteiger partial charge in [-0.25, -0.2) is 4.98 Å². The number of carboxylic acid groups (broad SMARTS) is 1. The molecule has 0 spiro atoms. The second kappa shape index (κ2) is 8.28. The summed E-state index contributed by atoms with van der Waals surface area (Å²) < 4.78 is 5.63. The Morgan fingerprint density at radius 2 is 2.00 bits per heavy atom. The molecule has 25 heavy (non-hydrogen) atoms. The summed E-state index contributed by atoms with van der Waals surface area (Å²) in [6, 6.07) is 10.0. The molecular weight excluding hydrogens is 320 g/mol. The zero-order valence-electron chi connectivity index (χ0n) is 14.5. The van der Waals surface area contributed by atoms with Crippen LogP contribution < -0.4 is 10.1 Å². The molecule has 2 unspecified atom stereocenters. The molecule has 0 fully saturated rings. The molecule has 6 nitrogen and oxygen atoms in total. The van der Waals surface area contributed by atoms with Crippen LogP contribution in [0.2, 0.25) is 0 Å². The molecular formula is C19H22N2O4. The Morgan fingerprint density at radius 3 is 2.68 bits per heavy atom. The third-order valence-corrected chi connectivity index (χ3v) is 3.91. The van der Waals surface area contributed by atoms with Crippen molar-refractivity contribution in [1.82, 2.24) is 4.98 Å². The Labute approximate surface area is 146 Å². The van der Waals surface area contributed by atoms with Gasteiger partial charge in [0.2, 0.25) is 5.88 Å². The highest BCUT2D eigenvalue weighted by molar-refractivity contribution is 6.04. The van der Waals surface area contributed by atoms with Crippen LogP contribution in [0.15, 0.2) is 42.6 Å². The van der Waals surface area contributed by atoms with E-state index in [1.54, 1.807) is 43.3 Å². The first-order valence-corrected chi connectivity index (χ1v) is 8.17. The molecule has 1 aromatic carbocycles. The van der Waals surface area contributed by atoms with Gasteiger partial charge in [0.15, 0.2) is 0 Å². The van der Waals surface area contributed by atoms with Gasteiger partial charge in [0.05, 0.1) is 12.0 Å². The van der Waals surface area contributed by atoms with Crippen LogP contribution in [0.5, 0.6) is 5.88 Å². The number of nitrogens with one attached hydrogen (secondary N) is 1. The summed E-state index contributed by atoms with van der Waals surface area (Å²) in [6.45, 7) is 5.54. The smallest absolute Gasteiger partial charge is 0.310 e. The number of amides is 1. The van der Waals surface area contributed by atoms with Crippen molar-refractivity contribution in [2.75, 3.05) is 5.32 Å². The van der Waals surface area contributed by atoms with Crippen LogP contribution in [0.25, 0.3) is 0 Å². The number of anilines is 1. The minimum absolute atomic E-state index is 0.0139. The van der Waals surface area contributed by atoms with Gasteiger partial charge in [0.25, 0.3) is 5.91 Å². The van der Waals surface area contributed by atoms with Crippen molar-refractivity contribution in [1.29, 1.82) is 0 Å². The van der Waals surface area contributed by atoms with Crippen molar-refractivity contribution in [3.8, 4) is 5.88 Å². The minimum Gasteiger partial charge on any atom is -0.481 e. The van der Waals surface area contributed by atoms with E-state index >= 15 is 0 Å². The second-order valence-electron chi connectivity index (χ2n) is 5.86. The van der Waals surface area contributed by atoms with Crippen LogP contribution in [0, 0.1) is 0 Å². The van der Waals surface area contributed by atoms with Crippen LogP contribution in [-0.2, 0) is 4.79 Å². The molecule has 0 saturated heterocycles. The number of nitrogens with zero attached hydrogens (tertiary/aromatic N) is 1. The zero-order chi connectivity index (χ0) is 18.4. The summed E-state index contributed by atoms with van der Waals surface area (Å²) in [7, 11) is 0. The molecule has 0 saturated carbocycles. The average molecular weight is 342 g/mol. The molecule has 0 aliphatic heterocycles. The Kier molecular flexibility index (Phi) is 6.11. The predicted molar refractivity (Wildman–Crippen MR) is 95.1 cm³/mol. The summed E-state index contributed by atoms with van der Waals surface area (Å²) in [6.07, 6.45) is 2.38. The van der Waals surface area contributed by atoms with Crippen LogP contribution in [0.3, 0.4) is 0 Å². The molecule has 0 radical (unpaired) electrons. The lowest BCUT2D eigenvalue weighted by Crippen LogP contribution is -2.15. The Morgan fingerprint density at radius 1 is 1.24 bits per heavy atom. The Hall–Kier alpha value is -2.89. The molecule has 2 N–H and O–H groups in total. The first kappa shape index (κ1) is 18.4. The van der Waals surface area contributed by atoms with Crippen molar-refractivity contribution in [3.63, 3.8) is 0 Å². The monoisotopic (exact) mass is 342 g/mol. The van der Waals surface area contributed by atoms with E-state index < -0.39 is 11.9 Å². The first-order chi connectivity index (χ1) is 11.9. The lowest BCUT2D eigenvalue weighted by molar-refractivity contribution is -0.138. The molecule has 2 rings (SSSR count). The van der Waals surface area contributed by atoms with Crippen LogP contribution in [0.4, 0.5) is 5.69 Å². The van der Waals surface area contributed by atoms with Gasteiger partial charge in [-0.05, 0) is 44.0 Å². The van der Waals surface area contributed by atoms with Gasteiger partial charge in [-0.2, -0.15) is 0 Å². The maximum absolute atomic E-state index is 12.4. The largest absolute Gasteiger partial charge is 0.481 e. The Balaban J connectivity index is 2.13. The second-order valence-corrected chi connectivity index (χ2v) is 5.86. The van der Waals surface area contributed by atoms with E-state index in [1.807, 2.05) is 13.8 Å². The molecule has 0 aliphatic carbocycles. The van der Waals surface area contributed by atoms with Crippen LogP contribution in [0.1, 0.15) is 49.0 Å². The summed E-state index contributed by atoms with van der Waals surface area (Å²) in [5.74, 6) is -1.47. The molecule has 1 aromatic heterocycles. The highest BCUT2D eigenvalue weighted by Crippen LogP contribution is 2.20. The summed E-state index contributed by atoms with van der Waals surface area (Å²) in [5.41, 5.74) is 1.59. The van der Waals surface area contributed by atoms with Gasteiger partial charge in [-0.15, -0.1) is 0 Å². The Bertz CT molecular complexity index is 761. The number of carbonyl (C=O) groups is 2. The quantitative estimate of drug-likeness (QED) is 0.801. The lowest BCUT2D eigenvalue weighted by Gasteiger charge is -2.13. The zero-order valence-corrected chi connectivity index (χ0v) is 14.5. The van der Waals surface area contributed by atoms with E-state index in [2.05, 4.69) is 10.3 Å². The number of hydrogen-bond acceptors (Lipinski definition) is 4. The molecule has 1 heterocycles. The van der Waals surface area contributed by atoms with E-state index in [4.69, 9.17) is 9.84 Å². The SMILES string of the molecule is CCC(C)Oc1cc(C(=O)Nc2cccc(C(C)C(=O)O)c2)ccn1. The van der Waals surface area contributed by atoms with Crippen molar-refractivity contribution >= 4 is 17.6 Å². The molecule has 2 atom stereocenters. The van der Waals surface area contributed by atoms with E-state index in [0.29, 0.717) is 22.7 Å². The fourth-order valence-electron chi connectivity index (χ4n) is 2.14. The van der Waals surface area contributed by atoms with Gasteiger partial charge in [0.1, 0.15) is 0 Å². The van der Waals surface area contributed by atoms with Gasteiger partial charge >= 0.3 is 5.97 Å². The summed E-state index contributed by atoms with van der Waals surface area (Å²) >= 11 is 0. The van der Waals surface area contributed by atoms with Gasteiger partial charge < -0.3 is 15.2 Å². The van der Waals surface area contributed by atoms with Gasteiger partial charge in [-0.1, -0.05) is 19.1 Å². The van der Waals surface area contributed by atoms with E-state index in [0.717, 1.165) is 6.42 Å². The number of rotatable bonds is 7. The van der Waals surface area contributed by atoms with Crippen LogP contribution >= 0.6 is 0 Å². The van der Waals surface area contributed by atoms with Crippen molar-refractivity contribution in [2.24, 2.45) is 0 Å². The predicted octanol–water partition coefficient (Wildman–Crippen LogP) is 3.70. The highest BCUT2D eigenvalue weighted by Gasteiger charge is 2.15. The molecule has 0 bridgehead atoms. The van der Waals surface area contributed by atoms with Gasteiger partial charge in [0, 0.05) is 23.5 Å². The number of hydrogen-bond donors (Lipinski definition) is 2. The number of aliphatic carboxylic acids is 1. The first-order valence-electron chi connectivity index (χ1n) is 8.17. The molecule has 0 aliphatic rings. The number of pyridine rings is 1. The fraction of sp³-hybridized carbons (Fsp3) is 0.316.